The van der Waals surface area contributed by atoms with Gasteiger partial charge in [0.05, 0.1) is 112 Å². The first-order chi connectivity index (χ1) is 32.5. The minimum absolute atomic E-state index is 0.120. The van der Waals surface area contributed by atoms with Crippen molar-refractivity contribution >= 4 is 23.2 Å². The van der Waals surface area contributed by atoms with Crippen LogP contribution in [0, 0.1) is 35.5 Å². The molecule has 0 saturated heterocycles. The second-order valence-electron chi connectivity index (χ2n) is 18.0. The van der Waals surface area contributed by atoms with Crippen LogP contribution in [-0.4, -0.2) is 151 Å². The zero-order valence-corrected chi connectivity index (χ0v) is 38.9. The number of nitrogens with one attached hydrogen (secondary N) is 1. The lowest BCUT2D eigenvalue weighted by Gasteiger charge is -2.24. The van der Waals surface area contributed by atoms with Gasteiger partial charge in [-0.2, -0.15) is 0 Å². The molecule has 7 rings (SSSR count). The van der Waals surface area contributed by atoms with Crippen LogP contribution in [0.3, 0.4) is 0 Å². The number of aromatic nitrogens is 4. The average Bonchev–Trinajstić information content (AvgIpc) is 4.20. The van der Waals surface area contributed by atoms with Crippen molar-refractivity contribution in [3.05, 3.63) is 56.7 Å². The Labute approximate surface area is 387 Å². The summed E-state index contributed by atoms with van der Waals surface area (Å²) < 4.78 is 57.2. The topological polar surface area (TPSA) is 182 Å². The predicted molar refractivity (Wildman–Crippen MR) is 246 cm³/mol. The molecule has 0 amide bonds. The Morgan fingerprint density at radius 2 is 1.06 bits per heavy atom. The molecule has 17 nitrogen and oxygen atoms in total. The van der Waals surface area contributed by atoms with Crippen molar-refractivity contribution in [2.75, 3.05) is 126 Å². The molecule has 3 aromatic rings. The Balaban J connectivity index is 0.721. The number of fused-ring (bicyclic) bond motifs is 5. The molecule has 66 heavy (non-hydrogen) atoms. The van der Waals surface area contributed by atoms with Gasteiger partial charge in [-0.1, -0.05) is 37.1 Å². The minimum Gasteiger partial charge on any atom is -0.460 e. The number of benzene rings is 1. The van der Waals surface area contributed by atoms with Crippen LogP contribution in [0.5, 0.6) is 0 Å². The zero-order chi connectivity index (χ0) is 45.8. The fraction of sp³-hybridized carbons (Fsp3) is 0.714. The van der Waals surface area contributed by atoms with E-state index in [-0.39, 0.29) is 24.5 Å². The van der Waals surface area contributed by atoms with Crippen LogP contribution in [0.1, 0.15) is 56.9 Å². The number of imidazole rings is 1. The number of ether oxygens (including phenoxy) is 10. The third kappa shape index (κ3) is 15.1. The average molecular weight is 925 g/mol. The van der Waals surface area contributed by atoms with Crippen molar-refractivity contribution in [1.29, 1.82) is 0 Å². The lowest BCUT2D eigenvalue weighted by Crippen LogP contribution is -2.43. The van der Waals surface area contributed by atoms with Gasteiger partial charge in [-0.05, 0) is 85.7 Å². The lowest BCUT2D eigenvalue weighted by molar-refractivity contribution is -0.139. The van der Waals surface area contributed by atoms with Gasteiger partial charge in [0.15, 0.2) is 5.65 Å². The van der Waals surface area contributed by atoms with Gasteiger partial charge in [0, 0.05) is 31.8 Å². The summed E-state index contributed by atoms with van der Waals surface area (Å²) in [5.41, 5.74) is 1.95. The van der Waals surface area contributed by atoms with E-state index in [0.717, 1.165) is 35.8 Å². The van der Waals surface area contributed by atoms with Crippen LogP contribution in [0.15, 0.2) is 39.9 Å². The number of aromatic amines is 1. The third-order valence-corrected chi connectivity index (χ3v) is 13.6. The van der Waals surface area contributed by atoms with E-state index in [9.17, 15) is 14.4 Å². The zero-order valence-electron chi connectivity index (χ0n) is 38.9. The Kier molecular flexibility index (Phi) is 20.7. The molecule has 6 atom stereocenters. The number of methoxy groups -OCH3 is 1. The second kappa shape index (κ2) is 27.3. The van der Waals surface area contributed by atoms with Gasteiger partial charge < -0.3 is 52.4 Å². The van der Waals surface area contributed by atoms with Crippen molar-refractivity contribution in [1.82, 2.24) is 19.1 Å². The van der Waals surface area contributed by atoms with E-state index in [1.54, 1.807) is 17.8 Å². The number of carbonyl (C=O) groups excluding carboxylic acids is 1. The fourth-order valence-electron chi connectivity index (χ4n) is 10.2. The Morgan fingerprint density at radius 1 is 0.606 bits per heavy atom. The van der Waals surface area contributed by atoms with Crippen molar-refractivity contribution in [2.45, 2.75) is 64.5 Å². The van der Waals surface area contributed by atoms with Gasteiger partial charge in [-0.3, -0.25) is 13.9 Å². The molecule has 4 aliphatic carbocycles. The highest BCUT2D eigenvalue weighted by molar-refractivity contribution is 5.87. The van der Waals surface area contributed by atoms with E-state index in [4.69, 9.17) is 52.4 Å². The Morgan fingerprint density at radius 3 is 1.50 bits per heavy atom. The molecule has 1 N–H and O–H groups in total. The summed E-state index contributed by atoms with van der Waals surface area (Å²) in [7, 11) is 1.64. The molecular weight excluding hydrogens is 853 g/mol. The van der Waals surface area contributed by atoms with Crippen LogP contribution < -0.4 is 11.2 Å². The highest BCUT2D eigenvalue weighted by atomic mass is 16.6. The van der Waals surface area contributed by atoms with Crippen LogP contribution in [0.25, 0.3) is 28.6 Å². The lowest BCUT2D eigenvalue weighted by atomic mass is 9.88. The van der Waals surface area contributed by atoms with Crippen molar-refractivity contribution < 1.29 is 52.2 Å². The van der Waals surface area contributed by atoms with Crippen LogP contribution in [-0.2, 0) is 65.3 Å². The van der Waals surface area contributed by atoms with Gasteiger partial charge in [0.2, 0.25) is 0 Å². The fourth-order valence-corrected chi connectivity index (χ4v) is 10.2. The number of nitrogens with zero attached hydrogens (tertiary/aromatic N) is 3. The minimum atomic E-state index is -0.473. The van der Waals surface area contributed by atoms with Crippen molar-refractivity contribution in [3.63, 3.8) is 0 Å². The Hall–Kier alpha value is -3.78. The normalized spacial score (nSPS) is 22.2. The molecule has 4 aliphatic rings. The maximum atomic E-state index is 14.2. The summed E-state index contributed by atoms with van der Waals surface area (Å²) in [6.07, 6.45) is 12.8. The first-order valence-corrected chi connectivity index (χ1v) is 24.3. The van der Waals surface area contributed by atoms with Crippen LogP contribution >= 0.6 is 0 Å². The predicted octanol–water partition coefficient (Wildman–Crippen LogP) is 4.76. The van der Waals surface area contributed by atoms with Crippen molar-refractivity contribution in [3.8, 4) is 11.4 Å². The van der Waals surface area contributed by atoms with Gasteiger partial charge in [-0.15, -0.1) is 0 Å². The molecule has 1 aromatic carbocycles. The van der Waals surface area contributed by atoms with Gasteiger partial charge in [0.1, 0.15) is 17.9 Å². The van der Waals surface area contributed by atoms with E-state index >= 15 is 0 Å². The number of hydrogen-bond donors (Lipinski definition) is 1. The maximum Gasteiger partial charge on any atom is 0.332 e. The Bertz CT molecular complexity index is 2050. The van der Waals surface area contributed by atoms with E-state index in [1.807, 2.05) is 24.3 Å². The first-order valence-electron chi connectivity index (χ1n) is 24.3. The molecule has 4 fully saturated rings. The second-order valence-corrected chi connectivity index (χ2v) is 18.0. The molecule has 366 valence electrons. The molecule has 4 saturated carbocycles. The summed E-state index contributed by atoms with van der Waals surface area (Å²) >= 11 is 0. The van der Waals surface area contributed by atoms with E-state index in [2.05, 4.69) is 4.98 Å². The molecule has 4 bridgehead atoms. The quantitative estimate of drug-likeness (QED) is 0.0492. The molecule has 0 aliphatic heterocycles. The van der Waals surface area contributed by atoms with Gasteiger partial charge in [0.25, 0.3) is 5.56 Å². The molecule has 2 aromatic heterocycles. The number of esters is 1. The van der Waals surface area contributed by atoms with Crippen LogP contribution in [0.4, 0.5) is 0 Å². The smallest absolute Gasteiger partial charge is 0.332 e. The summed E-state index contributed by atoms with van der Waals surface area (Å²) in [6, 6.07) is 7.55. The highest BCUT2D eigenvalue weighted by Crippen LogP contribution is 2.50. The third-order valence-electron chi connectivity index (χ3n) is 13.6. The number of carbonyl (C=O) groups is 1. The standard InChI is InChI=1S/C49H72N4O13/c1-57-12-13-58-14-15-59-16-17-60-18-19-61-20-21-62-22-23-63-24-25-64-26-27-65-28-29-66-44(54)11-6-36-2-7-39(8-3-36)46-50-45-47(51-46)52(34-42-32-37-4-9-40(42)30-37)49(56)53(48(45)55)35-43-33-38-5-10-41(43)31-38/h2-3,6-8,11,37-38,40-43H,4-5,9-10,12-35H2,1H3,(H,50,51). The van der Waals surface area contributed by atoms with E-state index < -0.39 is 5.97 Å². The summed E-state index contributed by atoms with van der Waals surface area (Å²) in [6.45, 7) is 9.27. The van der Waals surface area contributed by atoms with Crippen molar-refractivity contribution in [2.24, 2.45) is 35.5 Å². The summed E-state index contributed by atoms with van der Waals surface area (Å²) in [5.74, 6) is 3.64. The molecule has 17 heteroatoms. The number of H-pyrrole nitrogens is 1. The SMILES string of the molecule is COCCOCCOCCOCCOCCOCCOCCOCCOCCOC(=O)C=Cc1ccc(-c2nc3c([nH]2)c(=O)n(CC2CC4CCC2C4)c(=O)n3CC2CC3CCC2C3)cc1. The largest absolute Gasteiger partial charge is 0.460 e. The molecule has 0 spiro atoms. The van der Waals surface area contributed by atoms with E-state index in [0.29, 0.717) is 159 Å². The van der Waals surface area contributed by atoms with Crippen LogP contribution in [0.2, 0.25) is 0 Å². The highest BCUT2D eigenvalue weighted by Gasteiger charge is 2.41. The summed E-state index contributed by atoms with van der Waals surface area (Å²) in [4.78, 5) is 48.7. The molecular formula is C49H72N4O13. The maximum absolute atomic E-state index is 14.2. The molecule has 6 unspecified atom stereocenters. The van der Waals surface area contributed by atoms with Gasteiger partial charge >= 0.3 is 11.7 Å². The molecule has 0 radical (unpaired) electrons. The summed E-state index contributed by atoms with van der Waals surface area (Å²) in [5, 5.41) is 0. The van der Waals surface area contributed by atoms with E-state index in [1.165, 1.54) is 49.2 Å². The monoisotopic (exact) mass is 925 g/mol. The first kappa shape index (κ1) is 50.1. The number of rotatable bonds is 34. The molecule has 2 heterocycles. The number of hydrogen-bond acceptors (Lipinski definition) is 14. The van der Waals surface area contributed by atoms with Gasteiger partial charge in [-0.25, -0.2) is 14.6 Å².